The van der Waals surface area contributed by atoms with Crippen molar-refractivity contribution in [3.63, 3.8) is 0 Å². The molecule has 1 N–H and O–H groups in total. The molecule has 0 atom stereocenters. The smallest absolute Gasteiger partial charge is 0.255 e. The first-order chi connectivity index (χ1) is 13.2. The molecule has 0 aliphatic carbocycles. The quantitative estimate of drug-likeness (QED) is 0.584. The molecule has 0 spiro atoms. The number of rotatable bonds is 6. The summed E-state index contributed by atoms with van der Waals surface area (Å²) in [5, 5.41) is 2.83. The van der Waals surface area contributed by atoms with Crippen molar-refractivity contribution in [1.29, 1.82) is 0 Å². The van der Waals surface area contributed by atoms with Crippen LogP contribution in [0, 0.1) is 0 Å². The van der Waals surface area contributed by atoms with Crippen LogP contribution in [0.15, 0.2) is 51.7 Å². The third-order valence-electron chi connectivity index (χ3n) is 4.30. The van der Waals surface area contributed by atoms with E-state index in [2.05, 4.69) is 10.3 Å². The van der Waals surface area contributed by atoms with E-state index in [-0.39, 0.29) is 22.4 Å². The van der Waals surface area contributed by atoms with Crippen molar-refractivity contribution in [3.05, 3.63) is 48.0 Å². The number of aromatic nitrogens is 1. The van der Waals surface area contributed by atoms with Gasteiger partial charge in [0.1, 0.15) is 0 Å². The summed E-state index contributed by atoms with van der Waals surface area (Å²) in [7, 11) is -2.12. The maximum atomic E-state index is 12.7. The van der Waals surface area contributed by atoms with Crippen molar-refractivity contribution in [1.82, 2.24) is 9.29 Å². The fourth-order valence-corrected chi connectivity index (χ4v) is 5.46. The van der Waals surface area contributed by atoms with Gasteiger partial charge >= 0.3 is 0 Å². The van der Waals surface area contributed by atoms with Crippen molar-refractivity contribution in [2.75, 3.05) is 18.6 Å². The first-order valence-electron chi connectivity index (χ1n) is 8.56. The van der Waals surface area contributed by atoms with Crippen LogP contribution in [0.4, 0.5) is 5.69 Å². The average molecular weight is 436 g/mol. The number of thioether (sulfide) groups is 1. The zero-order valence-electron chi connectivity index (χ0n) is 16.0. The Labute approximate surface area is 173 Å². The van der Waals surface area contributed by atoms with Crippen LogP contribution in [-0.2, 0) is 10.0 Å². The van der Waals surface area contributed by atoms with Crippen LogP contribution in [0.5, 0.6) is 0 Å². The van der Waals surface area contributed by atoms with Gasteiger partial charge in [-0.25, -0.2) is 13.4 Å². The highest BCUT2D eigenvalue weighted by Gasteiger charge is 2.24. The fraction of sp³-hybridized carbons (Fsp3) is 0.263. The summed E-state index contributed by atoms with van der Waals surface area (Å²) in [6, 6.07) is 11.4. The molecule has 0 bridgehead atoms. The van der Waals surface area contributed by atoms with Gasteiger partial charge in [0.25, 0.3) is 5.91 Å². The van der Waals surface area contributed by atoms with E-state index in [0.717, 1.165) is 14.6 Å². The standard InChI is InChI=1S/C19H21N3O3S3/c1-12(2)22(3)28(24,25)15-7-5-6-13(10-15)18(23)20-14-8-9-16-17(11-14)27-19(21-16)26-4/h5-12H,1-4H3,(H,20,23). The molecule has 28 heavy (non-hydrogen) atoms. The third kappa shape index (κ3) is 4.22. The van der Waals surface area contributed by atoms with E-state index in [1.54, 1.807) is 55.1 Å². The Kier molecular flexibility index (Phi) is 6.09. The molecule has 148 valence electrons. The summed E-state index contributed by atoms with van der Waals surface area (Å²) in [4.78, 5) is 17.2. The van der Waals surface area contributed by atoms with Gasteiger partial charge in [0, 0.05) is 24.3 Å². The highest BCUT2D eigenvalue weighted by molar-refractivity contribution is 8.00. The highest BCUT2D eigenvalue weighted by Crippen LogP contribution is 2.30. The number of nitrogens with zero attached hydrogens (tertiary/aromatic N) is 2. The van der Waals surface area contributed by atoms with Gasteiger partial charge in [-0.3, -0.25) is 4.79 Å². The summed E-state index contributed by atoms with van der Waals surface area (Å²) in [5.41, 5.74) is 1.81. The van der Waals surface area contributed by atoms with Gasteiger partial charge in [-0.1, -0.05) is 17.8 Å². The van der Waals surface area contributed by atoms with E-state index in [1.165, 1.54) is 23.5 Å². The lowest BCUT2D eigenvalue weighted by Crippen LogP contribution is -2.33. The van der Waals surface area contributed by atoms with Crippen LogP contribution in [0.1, 0.15) is 24.2 Å². The molecule has 0 unspecified atom stereocenters. The number of nitrogens with one attached hydrogen (secondary N) is 1. The number of hydrogen-bond donors (Lipinski definition) is 1. The van der Waals surface area contributed by atoms with Crippen molar-refractivity contribution < 1.29 is 13.2 Å². The van der Waals surface area contributed by atoms with Gasteiger partial charge in [-0.15, -0.1) is 11.3 Å². The zero-order valence-corrected chi connectivity index (χ0v) is 18.4. The molecule has 3 rings (SSSR count). The predicted octanol–water partition coefficient (Wildman–Crippen LogP) is 4.30. The molecule has 0 radical (unpaired) electrons. The largest absolute Gasteiger partial charge is 0.322 e. The summed E-state index contributed by atoms with van der Waals surface area (Å²) >= 11 is 3.14. The lowest BCUT2D eigenvalue weighted by atomic mass is 10.2. The number of fused-ring (bicyclic) bond motifs is 1. The van der Waals surface area contributed by atoms with E-state index in [1.807, 2.05) is 18.4 Å². The Bertz CT molecular complexity index is 1120. The Morgan fingerprint density at radius 1 is 1.21 bits per heavy atom. The number of thiazole rings is 1. The SMILES string of the molecule is CSc1nc2ccc(NC(=O)c3cccc(S(=O)(=O)N(C)C(C)C)c3)cc2s1. The Balaban J connectivity index is 1.85. The van der Waals surface area contributed by atoms with Crippen LogP contribution in [0.25, 0.3) is 10.2 Å². The molecular weight excluding hydrogens is 414 g/mol. The van der Waals surface area contributed by atoms with Crippen molar-refractivity contribution >= 4 is 54.9 Å². The Morgan fingerprint density at radius 2 is 1.96 bits per heavy atom. The fourth-order valence-electron chi connectivity index (χ4n) is 2.51. The molecule has 0 aliphatic heterocycles. The summed E-state index contributed by atoms with van der Waals surface area (Å²) in [6.07, 6.45) is 1.97. The molecule has 0 saturated heterocycles. The first-order valence-corrected chi connectivity index (χ1v) is 12.0. The van der Waals surface area contributed by atoms with Crippen LogP contribution in [0.2, 0.25) is 0 Å². The van der Waals surface area contributed by atoms with Gasteiger partial charge < -0.3 is 5.32 Å². The molecule has 6 nitrogen and oxygen atoms in total. The first kappa shape index (κ1) is 20.8. The second kappa shape index (κ2) is 8.20. The number of benzene rings is 2. The number of hydrogen-bond acceptors (Lipinski definition) is 6. The number of carbonyl (C=O) groups is 1. The van der Waals surface area contributed by atoms with E-state index in [4.69, 9.17) is 0 Å². The molecule has 0 fully saturated rings. The normalized spacial score (nSPS) is 12.1. The molecule has 3 aromatic rings. The predicted molar refractivity (Wildman–Crippen MR) is 116 cm³/mol. The highest BCUT2D eigenvalue weighted by atomic mass is 32.2. The van der Waals surface area contributed by atoms with Gasteiger partial charge in [0.05, 0.1) is 15.1 Å². The number of amides is 1. The topological polar surface area (TPSA) is 79.4 Å². The average Bonchev–Trinajstić information content (AvgIpc) is 3.09. The van der Waals surface area contributed by atoms with Crippen LogP contribution >= 0.6 is 23.1 Å². The van der Waals surface area contributed by atoms with Gasteiger partial charge in [0.15, 0.2) is 4.34 Å². The molecule has 1 heterocycles. The third-order valence-corrected chi connectivity index (χ3v) is 8.33. The number of anilines is 1. The van der Waals surface area contributed by atoms with Crippen molar-refractivity contribution in [2.24, 2.45) is 0 Å². The van der Waals surface area contributed by atoms with E-state index >= 15 is 0 Å². The minimum atomic E-state index is -3.65. The van der Waals surface area contributed by atoms with Crippen LogP contribution < -0.4 is 5.32 Å². The van der Waals surface area contributed by atoms with E-state index < -0.39 is 10.0 Å². The molecule has 2 aromatic carbocycles. The van der Waals surface area contributed by atoms with Gasteiger partial charge in [-0.2, -0.15) is 4.31 Å². The van der Waals surface area contributed by atoms with Gasteiger partial charge in [0.2, 0.25) is 10.0 Å². The van der Waals surface area contributed by atoms with E-state index in [0.29, 0.717) is 5.69 Å². The molecule has 9 heteroatoms. The van der Waals surface area contributed by atoms with Crippen LogP contribution in [-0.4, -0.2) is 43.0 Å². The van der Waals surface area contributed by atoms with Crippen molar-refractivity contribution in [3.8, 4) is 0 Å². The zero-order chi connectivity index (χ0) is 20.5. The second-order valence-corrected chi connectivity index (χ2v) is 10.5. The minimum absolute atomic E-state index is 0.0962. The van der Waals surface area contributed by atoms with Crippen LogP contribution in [0.3, 0.4) is 0 Å². The Hall–Kier alpha value is -1.94. The summed E-state index contributed by atoms with van der Waals surface area (Å²) in [5.74, 6) is -0.363. The molecule has 1 amide bonds. The summed E-state index contributed by atoms with van der Waals surface area (Å²) in [6.45, 7) is 3.60. The lowest BCUT2D eigenvalue weighted by Gasteiger charge is -2.21. The maximum Gasteiger partial charge on any atom is 0.255 e. The Morgan fingerprint density at radius 3 is 2.64 bits per heavy atom. The lowest BCUT2D eigenvalue weighted by molar-refractivity contribution is 0.102. The van der Waals surface area contributed by atoms with Crippen molar-refractivity contribution in [2.45, 2.75) is 29.1 Å². The van der Waals surface area contributed by atoms with E-state index in [9.17, 15) is 13.2 Å². The number of sulfonamides is 1. The molecule has 0 saturated carbocycles. The number of carbonyl (C=O) groups excluding carboxylic acids is 1. The molecule has 0 aliphatic rings. The second-order valence-electron chi connectivity index (χ2n) is 6.46. The minimum Gasteiger partial charge on any atom is -0.322 e. The molecular formula is C19H21N3O3S3. The van der Waals surface area contributed by atoms with Gasteiger partial charge in [-0.05, 0) is 56.5 Å². The monoisotopic (exact) mass is 435 g/mol. The maximum absolute atomic E-state index is 12.7. The summed E-state index contributed by atoms with van der Waals surface area (Å²) < 4.78 is 28.6. The molecule has 1 aromatic heterocycles.